The van der Waals surface area contributed by atoms with Crippen molar-refractivity contribution in [2.24, 2.45) is 13.0 Å². The van der Waals surface area contributed by atoms with E-state index < -0.39 is 0 Å². The first-order valence-electron chi connectivity index (χ1n) is 10.5. The monoisotopic (exact) mass is 454 g/mol. The molecular weight excluding hydrogens is 431 g/mol. The number of aromatic nitrogens is 3. The van der Waals surface area contributed by atoms with Crippen molar-refractivity contribution in [2.45, 2.75) is 31.8 Å². The van der Waals surface area contributed by atoms with Crippen molar-refractivity contribution in [1.29, 1.82) is 0 Å². The Labute approximate surface area is 188 Å². The number of nitrogens with two attached hydrogens (primary N) is 1. The summed E-state index contributed by atoms with van der Waals surface area (Å²) in [6, 6.07) is 7.81. The van der Waals surface area contributed by atoms with Gasteiger partial charge in [0.1, 0.15) is 17.2 Å². The lowest BCUT2D eigenvalue weighted by Crippen LogP contribution is -2.45. The summed E-state index contributed by atoms with van der Waals surface area (Å²) in [5.74, 6) is -0.395. The molecule has 32 heavy (non-hydrogen) atoms. The number of benzene rings is 1. The summed E-state index contributed by atoms with van der Waals surface area (Å²) in [6.45, 7) is 2.17. The summed E-state index contributed by atoms with van der Waals surface area (Å²) in [6.07, 6.45) is 1.78. The fraction of sp³-hybridized carbons (Fsp3) is 0.364. The van der Waals surface area contributed by atoms with Crippen molar-refractivity contribution in [3.63, 3.8) is 0 Å². The van der Waals surface area contributed by atoms with Crippen molar-refractivity contribution < 1.29 is 14.0 Å². The third-order valence-corrected chi connectivity index (χ3v) is 7.04. The van der Waals surface area contributed by atoms with Gasteiger partial charge in [0.2, 0.25) is 0 Å². The third-order valence-electron chi connectivity index (χ3n) is 6.11. The summed E-state index contributed by atoms with van der Waals surface area (Å²) in [7, 11) is 1.73. The molecule has 0 radical (unpaired) electrons. The van der Waals surface area contributed by atoms with E-state index in [1.165, 1.54) is 23.5 Å². The summed E-state index contributed by atoms with van der Waals surface area (Å²) in [4.78, 5) is 32.8. The number of piperidine rings is 1. The van der Waals surface area contributed by atoms with Gasteiger partial charge < -0.3 is 16.0 Å². The molecular formula is C22H23FN6O2S. The summed E-state index contributed by atoms with van der Waals surface area (Å²) < 4.78 is 15.3. The fourth-order valence-electron chi connectivity index (χ4n) is 4.61. The zero-order valence-electron chi connectivity index (χ0n) is 17.7. The molecule has 0 bridgehead atoms. The van der Waals surface area contributed by atoms with Crippen LogP contribution in [-0.2, 0) is 7.05 Å². The molecule has 10 heteroatoms. The molecule has 3 atom stereocenters. The Morgan fingerprint density at radius 2 is 2.12 bits per heavy atom. The lowest BCUT2D eigenvalue weighted by atomic mass is 10.1. The number of nitrogens with zero attached hydrogens (tertiary/aromatic N) is 4. The second kappa shape index (κ2) is 7.70. The van der Waals surface area contributed by atoms with Crippen molar-refractivity contribution in [3.8, 4) is 10.4 Å². The quantitative estimate of drug-likeness (QED) is 0.616. The van der Waals surface area contributed by atoms with Crippen LogP contribution in [0.3, 0.4) is 0 Å². The van der Waals surface area contributed by atoms with Gasteiger partial charge in [-0.05, 0) is 49.4 Å². The zero-order chi connectivity index (χ0) is 22.6. The molecule has 0 spiro atoms. The average Bonchev–Trinajstić information content (AvgIpc) is 3.06. The standard InChI is InChI=1S/C22H23FN6O2S/c1-11-6-17(28(2)27-11)20(30)25-10-15-8-13-9-16(13)29(15)21(31)18-19(32-22(24)26-18)12-4-3-5-14(23)7-12/h3-7,13,15-16H,8-10H2,1-2H3,(H2,24,26)(H,25,30)/t13?,15-,16?/m0/s1. The number of aryl methyl sites for hydroxylation is 2. The van der Waals surface area contributed by atoms with E-state index in [9.17, 15) is 14.0 Å². The predicted molar refractivity (Wildman–Crippen MR) is 119 cm³/mol. The number of carbonyl (C=O) groups excluding carboxylic acids is 2. The van der Waals surface area contributed by atoms with Gasteiger partial charge >= 0.3 is 0 Å². The molecule has 1 saturated carbocycles. The molecule has 2 amide bonds. The predicted octanol–water partition coefficient (Wildman–Crippen LogP) is 2.61. The highest BCUT2D eigenvalue weighted by Crippen LogP contribution is 2.49. The van der Waals surface area contributed by atoms with Gasteiger partial charge in [0.15, 0.2) is 5.13 Å². The van der Waals surface area contributed by atoms with E-state index in [1.54, 1.807) is 29.9 Å². The van der Waals surface area contributed by atoms with E-state index in [4.69, 9.17) is 5.73 Å². The Balaban J connectivity index is 1.36. The molecule has 2 aromatic heterocycles. The molecule has 3 N–H and O–H groups in total. The molecule has 166 valence electrons. The SMILES string of the molecule is Cc1cc(C(=O)NC[C@@H]2CC3CC3N2C(=O)c2nc(N)sc2-c2cccc(F)c2)n(C)n1. The van der Waals surface area contributed by atoms with E-state index in [-0.39, 0.29) is 40.5 Å². The summed E-state index contributed by atoms with van der Waals surface area (Å²) in [5.41, 5.74) is 7.98. The molecule has 2 unspecified atom stereocenters. The maximum Gasteiger partial charge on any atom is 0.274 e. The van der Waals surface area contributed by atoms with Crippen LogP contribution in [0, 0.1) is 18.7 Å². The summed E-state index contributed by atoms with van der Waals surface area (Å²) >= 11 is 1.17. The Kier molecular flexibility index (Phi) is 4.96. The van der Waals surface area contributed by atoms with Crippen molar-refractivity contribution in [3.05, 3.63) is 53.2 Å². The maximum absolute atomic E-state index is 13.8. The molecule has 3 aromatic rings. The molecule has 1 saturated heterocycles. The van der Waals surface area contributed by atoms with Crippen LogP contribution in [0.2, 0.25) is 0 Å². The van der Waals surface area contributed by atoms with Gasteiger partial charge in [-0.15, -0.1) is 0 Å². The number of nitrogens with one attached hydrogen (secondary N) is 1. The normalized spacial score (nSPS) is 21.5. The van der Waals surface area contributed by atoms with Gasteiger partial charge in [0.05, 0.1) is 16.6 Å². The minimum absolute atomic E-state index is 0.132. The Hall–Kier alpha value is -3.27. The number of thiazole rings is 1. The lowest BCUT2D eigenvalue weighted by molar-refractivity contribution is 0.0684. The average molecular weight is 455 g/mol. The molecule has 2 fully saturated rings. The number of fused-ring (bicyclic) bond motifs is 1. The summed E-state index contributed by atoms with van der Waals surface area (Å²) in [5, 5.41) is 7.41. The molecule has 3 heterocycles. The van der Waals surface area contributed by atoms with Gasteiger partial charge in [0.25, 0.3) is 11.8 Å². The van der Waals surface area contributed by atoms with E-state index in [1.807, 2.05) is 11.8 Å². The number of hydrogen-bond donors (Lipinski definition) is 2. The fourth-order valence-corrected chi connectivity index (χ4v) is 5.43. The Morgan fingerprint density at radius 3 is 2.84 bits per heavy atom. The number of amides is 2. The number of halogens is 1. The van der Waals surface area contributed by atoms with Crippen molar-refractivity contribution >= 4 is 28.3 Å². The lowest BCUT2D eigenvalue weighted by Gasteiger charge is -2.27. The molecule has 5 rings (SSSR count). The van der Waals surface area contributed by atoms with Crippen LogP contribution in [0.4, 0.5) is 9.52 Å². The van der Waals surface area contributed by atoms with Crippen molar-refractivity contribution in [2.75, 3.05) is 12.3 Å². The highest BCUT2D eigenvalue weighted by molar-refractivity contribution is 7.19. The number of anilines is 1. The maximum atomic E-state index is 13.8. The number of hydrogen-bond acceptors (Lipinski definition) is 6. The molecule has 1 aliphatic carbocycles. The molecule has 1 aromatic carbocycles. The van der Waals surface area contributed by atoms with Crippen LogP contribution in [0.5, 0.6) is 0 Å². The van der Waals surface area contributed by atoms with Crippen LogP contribution >= 0.6 is 11.3 Å². The van der Waals surface area contributed by atoms with Crippen LogP contribution < -0.4 is 11.1 Å². The van der Waals surface area contributed by atoms with E-state index in [0.29, 0.717) is 28.6 Å². The topological polar surface area (TPSA) is 106 Å². The van der Waals surface area contributed by atoms with Gasteiger partial charge in [-0.3, -0.25) is 14.3 Å². The van der Waals surface area contributed by atoms with E-state index in [2.05, 4.69) is 15.4 Å². The van der Waals surface area contributed by atoms with Gasteiger partial charge in [-0.1, -0.05) is 23.5 Å². The van der Waals surface area contributed by atoms with E-state index >= 15 is 0 Å². The van der Waals surface area contributed by atoms with Gasteiger partial charge in [-0.25, -0.2) is 9.37 Å². The third kappa shape index (κ3) is 3.64. The van der Waals surface area contributed by atoms with Crippen LogP contribution in [-0.4, -0.2) is 50.1 Å². The highest BCUT2D eigenvalue weighted by Gasteiger charge is 2.54. The first kappa shape index (κ1) is 20.6. The number of carbonyl (C=O) groups is 2. The largest absolute Gasteiger partial charge is 0.375 e. The highest BCUT2D eigenvalue weighted by atomic mass is 32.1. The van der Waals surface area contributed by atoms with Crippen molar-refractivity contribution in [1.82, 2.24) is 25.0 Å². The van der Waals surface area contributed by atoms with E-state index in [0.717, 1.165) is 18.5 Å². The first-order chi connectivity index (χ1) is 15.3. The number of rotatable bonds is 5. The molecule has 8 nitrogen and oxygen atoms in total. The van der Waals surface area contributed by atoms with Crippen LogP contribution in [0.15, 0.2) is 30.3 Å². The second-order valence-corrected chi connectivity index (χ2v) is 9.44. The van der Waals surface area contributed by atoms with Gasteiger partial charge in [-0.2, -0.15) is 5.10 Å². The minimum Gasteiger partial charge on any atom is -0.375 e. The smallest absolute Gasteiger partial charge is 0.274 e. The Morgan fingerprint density at radius 1 is 1.31 bits per heavy atom. The first-order valence-corrected chi connectivity index (χ1v) is 11.3. The van der Waals surface area contributed by atoms with Gasteiger partial charge in [0, 0.05) is 19.6 Å². The zero-order valence-corrected chi connectivity index (χ0v) is 18.5. The molecule has 2 aliphatic rings. The number of likely N-dealkylation sites (tertiary alicyclic amines) is 1. The molecule has 1 aliphatic heterocycles. The number of nitrogen functional groups attached to an aromatic ring is 1. The van der Waals surface area contributed by atoms with Crippen LogP contribution in [0.1, 0.15) is 39.5 Å². The Bertz CT molecular complexity index is 1220. The minimum atomic E-state index is -0.387. The van der Waals surface area contributed by atoms with Crippen LogP contribution in [0.25, 0.3) is 10.4 Å². The second-order valence-electron chi connectivity index (χ2n) is 8.41.